The van der Waals surface area contributed by atoms with Gasteiger partial charge in [0.1, 0.15) is 5.75 Å². The van der Waals surface area contributed by atoms with Crippen molar-refractivity contribution in [3.63, 3.8) is 0 Å². The molecular formula is C16H26N2O. The molecule has 2 N–H and O–H groups in total. The maximum atomic E-state index is 5.78. The summed E-state index contributed by atoms with van der Waals surface area (Å²) in [6, 6.07) is 9.08. The molecule has 2 rings (SSSR count). The number of nitrogens with zero attached hydrogens (tertiary/aromatic N) is 1. The van der Waals surface area contributed by atoms with Crippen LogP contribution in [0.25, 0.3) is 0 Å². The Balaban J connectivity index is 2.01. The lowest BCUT2D eigenvalue weighted by atomic mass is 9.94. The molecule has 0 bridgehead atoms. The van der Waals surface area contributed by atoms with E-state index in [0.717, 1.165) is 25.4 Å². The summed E-state index contributed by atoms with van der Waals surface area (Å²) in [7, 11) is 1.72. The Labute approximate surface area is 116 Å². The first-order chi connectivity index (χ1) is 9.33. The first kappa shape index (κ1) is 14.4. The largest absolute Gasteiger partial charge is 0.497 e. The minimum absolute atomic E-state index is 0.712. The third-order valence-electron chi connectivity index (χ3n) is 4.03. The zero-order valence-electron chi connectivity index (χ0n) is 12.0. The standard InChI is InChI=1S/C16H26N2O/c1-19-16-9-5-6-14(12-16)13-18(11-10-17)15-7-3-2-4-8-15/h5-6,9,12,15H,2-4,7-8,10-11,13,17H2,1H3. The van der Waals surface area contributed by atoms with Crippen molar-refractivity contribution in [1.29, 1.82) is 0 Å². The van der Waals surface area contributed by atoms with E-state index in [1.807, 2.05) is 6.07 Å². The highest BCUT2D eigenvalue weighted by Gasteiger charge is 2.20. The topological polar surface area (TPSA) is 38.5 Å². The van der Waals surface area contributed by atoms with Crippen molar-refractivity contribution in [2.45, 2.75) is 44.7 Å². The minimum atomic E-state index is 0.712. The quantitative estimate of drug-likeness (QED) is 0.856. The second kappa shape index (κ2) is 7.51. The number of hydrogen-bond donors (Lipinski definition) is 1. The number of nitrogens with two attached hydrogens (primary N) is 1. The van der Waals surface area contributed by atoms with Gasteiger partial charge >= 0.3 is 0 Å². The predicted octanol–water partition coefficient (Wildman–Crippen LogP) is 2.79. The molecule has 106 valence electrons. The molecule has 0 unspecified atom stereocenters. The fraction of sp³-hybridized carbons (Fsp3) is 0.625. The second-order valence-electron chi connectivity index (χ2n) is 5.40. The molecule has 0 aliphatic heterocycles. The summed E-state index contributed by atoms with van der Waals surface area (Å²) in [6.07, 6.45) is 6.77. The second-order valence-corrected chi connectivity index (χ2v) is 5.40. The minimum Gasteiger partial charge on any atom is -0.497 e. The number of hydrogen-bond acceptors (Lipinski definition) is 3. The molecule has 1 aliphatic rings. The van der Waals surface area contributed by atoms with Gasteiger partial charge in [-0.3, -0.25) is 4.90 Å². The highest BCUT2D eigenvalue weighted by Crippen LogP contribution is 2.24. The van der Waals surface area contributed by atoms with Crippen LogP contribution < -0.4 is 10.5 Å². The van der Waals surface area contributed by atoms with Crippen molar-refractivity contribution in [2.75, 3.05) is 20.2 Å². The molecule has 3 nitrogen and oxygen atoms in total. The van der Waals surface area contributed by atoms with E-state index in [4.69, 9.17) is 10.5 Å². The van der Waals surface area contributed by atoms with Gasteiger partial charge in [-0.2, -0.15) is 0 Å². The van der Waals surface area contributed by atoms with Crippen molar-refractivity contribution in [3.8, 4) is 5.75 Å². The molecule has 0 saturated heterocycles. The molecule has 0 spiro atoms. The summed E-state index contributed by atoms with van der Waals surface area (Å²) in [6.45, 7) is 2.71. The number of methoxy groups -OCH3 is 1. The molecule has 1 aliphatic carbocycles. The monoisotopic (exact) mass is 262 g/mol. The van der Waals surface area contributed by atoms with Crippen LogP contribution in [0.2, 0.25) is 0 Å². The molecule has 1 aromatic rings. The highest BCUT2D eigenvalue weighted by atomic mass is 16.5. The SMILES string of the molecule is COc1cccc(CN(CCN)C2CCCCC2)c1. The smallest absolute Gasteiger partial charge is 0.119 e. The van der Waals surface area contributed by atoms with Crippen LogP contribution in [0.1, 0.15) is 37.7 Å². The fourth-order valence-corrected chi connectivity index (χ4v) is 3.01. The van der Waals surface area contributed by atoms with Gasteiger partial charge in [0, 0.05) is 25.7 Å². The Morgan fingerprint density at radius 3 is 2.74 bits per heavy atom. The van der Waals surface area contributed by atoms with E-state index in [9.17, 15) is 0 Å². The Bertz CT molecular complexity index is 375. The molecule has 0 amide bonds. The lowest BCUT2D eigenvalue weighted by Crippen LogP contribution is -2.39. The first-order valence-electron chi connectivity index (χ1n) is 7.40. The molecular weight excluding hydrogens is 236 g/mol. The summed E-state index contributed by atoms with van der Waals surface area (Å²) < 4.78 is 5.30. The molecule has 3 heteroatoms. The molecule has 1 fully saturated rings. The Morgan fingerprint density at radius 2 is 2.05 bits per heavy atom. The molecule has 0 heterocycles. The lowest BCUT2D eigenvalue weighted by molar-refractivity contribution is 0.152. The van der Waals surface area contributed by atoms with E-state index in [0.29, 0.717) is 6.04 Å². The number of rotatable bonds is 6. The third kappa shape index (κ3) is 4.22. The van der Waals surface area contributed by atoms with E-state index in [-0.39, 0.29) is 0 Å². The number of ether oxygens (including phenoxy) is 1. The van der Waals surface area contributed by atoms with Gasteiger partial charge in [0.15, 0.2) is 0 Å². The first-order valence-corrected chi connectivity index (χ1v) is 7.40. The van der Waals surface area contributed by atoms with Crippen LogP contribution in [-0.4, -0.2) is 31.1 Å². The van der Waals surface area contributed by atoms with Gasteiger partial charge in [-0.05, 0) is 30.5 Å². The third-order valence-corrected chi connectivity index (χ3v) is 4.03. The Kier molecular flexibility index (Phi) is 5.67. The van der Waals surface area contributed by atoms with E-state index in [2.05, 4.69) is 23.1 Å². The van der Waals surface area contributed by atoms with Crippen LogP contribution in [0, 0.1) is 0 Å². The summed E-state index contributed by atoms with van der Waals surface area (Å²) in [5, 5.41) is 0. The van der Waals surface area contributed by atoms with E-state index in [1.165, 1.54) is 37.7 Å². The van der Waals surface area contributed by atoms with Crippen LogP contribution in [-0.2, 0) is 6.54 Å². The van der Waals surface area contributed by atoms with Crippen LogP contribution in [0.3, 0.4) is 0 Å². The van der Waals surface area contributed by atoms with E-state index < -0.39 is 0 Å². The molecule has 19 heavy (non-hydrogen) atoms. The summed E-state index contributed by atoms with van der Waals surface area (Å²) >= 11 is 0. The van der Waals surface area contributed by atoms with Gasteiger partial charge in [0.05, 0.1) is 7.11 Å². The van der Waals surface area contributed by atoms with Gasteiger partial charge in [0.2, 0.25) is 0 Å². The van der Waals surface area contributed by atoms with Crippen LogP contribution in [0.15, 0.2) is 24.3 Å². The zero-order chi connectivity index (χ0) is 13.5. The maximum absolute atomic E-state index is 5.78. The number of benzene rings is 1. The maximum Gasteiger partial charge on any atom is 0.119 e. The van der Waals surface area contributed by atoms with Crippen molar-refractivity contribution in [2.24, 2.45) is 5.73 Å². The average molecular weight is 262 g/mol. The fourth-order valence-electron chi connectivity index (χ4n) is 3.01. The van der Waals surface area contributed by atoms with Crippen LogP contribution in [0.4, 0.5) is 0 Å². The van der Waals surface area contributed by atoms with E-state index in [1.54, 1.807) is 7.11 Å². The normalized spacial score (nSPS) is 16.8. The Hall–Kier alpha value is -1.06. The van der Waals surface area contributed by atoms with Gasteiger partial charge in [0.25, 0.3) is 0 Å². The molecule has 1 aromatic carbocycles. The highest BCUT2D eigenvalue weighted by molar-refractivity contribution is 5.28. The zero-order valence-corrected chi connectivity index (χ0v) is 12.0. The van der Waals surface area contributed by atoms with Gasteiger partial charge < -0.3 is 10.5 Å². The van der Waals surface area contributed by atoms with Crippen LogP contribution >= 0.6 is 0 Å². The summed E-state index contributed by atoms with van der Waals surface area (Å²) in [5.74, 6) is 0.939. The van der Waals surface area contributed by atoms with Gasteiger partial charge in [-0.25, -0.2) is 0 Å². The predicted molar refractivity (Wildman–Crippen MR) is 79.3 cm³/mol. The van der Waals surface area contributed by atoms with Crippen molar-refractivity contribution >= 4 is 0 Å². The summed E-state index contributed by atoms with van der Waals surface area (Å²) in [4.78, 5) is 2.55. The molecule has 0 radical (unpaired) electrons. The average Bonchev–Trinajstić information content (AvgIpc) is 2.48. The summed E-state index contributed by atoms with van der Waals surface area (Å²) in [5.41, 5.74) is 7.10. The molecule has 0 aromatic heterocycles. The van der Waals surface area contributed by atoms with Crippen LogP contribution in [0.5, 0.6) is 5.75 Å². The van der Waals surface area contributed by atoms with Gasteiger partial charge in [-0.1, -0.05) is 31.4 Å². The van der Waals surface area contributed by atoms with Gasteiger partial charge in [-0.15, -0.1) is 0 Å². The van der Waals surface area contributed by atoms with Crippen molar-refractivity contribution in [1.82, 2.24) is 4.90 Å². The Morgan fingerprint density at radius 1 is 1.26 bits per heavy atom. The lowest BCUT2D eigenvalue weighted by Gasteiger charge is -2.34. The van der Waals surface area contributed by atoms with Crippen molar-refractivity contribution in [3.05, 3.63) is 29.8 Å². The molecule has 1 saturated carbocycles. The molecule has 0 atom stereocenters. The van der Waals surface area contributed by atoms with E-state index >= 15 is 0 Å². The van der Waals surface area contributed by atoms with Crippen molar-refractivity contribution < 1.29 is 4.74 Å².